The van der Waals surface area contributed by atoms with Crippen molar-refractivity contribution in [1.29, 1.82) is 0 Å². The van der Waals surface area contributed by atoms with Crippen molar-refractivity contribution in [2.45, 2.75) is 38.5 Å². The fourth-order valence-electron chi connectivity index (χ4n) is 5.88. The Morgan fingerprint density at radius 1 is 0.952 bits per heavy atom. The number of hydrogen-bond acceptors (Lipinski definition) is 6. The van der Waals surface area contributed by atoms with Crippen molar-refractivity contribution in [3.8, 4) is 39.7 Å². The first-order chi connectivity index (χ1) is 20.5. The van der Waals surface area contributed by atoms with Gasteiger partial charge in [0.05, 0.1) is 28.6 Å². The van der Waals surface area contributed by atoms with Crippen LogP contribution in [0.1, 0.15) is 38.5 Å². The summed E-state index contributed by atoms with van der Waals surface area (Å²) in [6, 6.07) is 13.5. The lowest BCUT2D eigenvalue weighted by molar-refractivity contribution is -0.117. The Hall–Kier alpha value is -5.12. The van der Waals surface area contributed by atoms with Gasteiger partial charge in [-0.1, -0.05) is 25.3 Å². The molecular weight excluding hydrogens is 533 g/mol. The Labute approximate surface area is 240 Å². The van der Waals surface area contributed by atoms with Crippen molar-refractivity contribution >= 4 is 33.5 Å². The minimum Gasteiger partial charge on any atom is -0.508 e. The summed E-state index contributed by atoms with van der Waals surface area (Å²) in [7, 11) is 0. The molecule has 9 nitrogen and oxygen atoms in total. The number of nitrogens with zero attached hydrogens (tertiary/aromatic N) is 4. The number of carbonyl (C=O) groups is 1. The molecule has 0 radical (unpaired) electrons. The van der Waals surface area contributed by atoms with Crippen LogP contribution in [0.3, 0.4) is 0 Å². The average Bonchev–Trinajstić information content (AvgIpc) is 3.61. The number of carbonyl (C=O) groups excluding carboxylic acids is 1. The Kier molecular flexibility index (Phi) is 6.58. The molecule has 10 heteroatoms. The number of phenols is 1. The zero-order chi connectivity index (χ0) is 28.6. The van der Waals surface area contributed by atoms with Crippen LogP contribution in [-0.2, 0) is 4.79 Å². The van der Waals surface area contributed by atoms with E-state index in [4.69, 9.17) is 4.98 Å². The lowest BCUT2D eigenvalue weighted by Gasteiger charge is -2.20. The third kappa shape index (κ3) is 5.07. The number of phenolic OH excluding ortho intramolecular Hbond substituents is 1. The standard InChI is InChI=1S/C32H28FN7O2/c33-22-11-20(13-24(41)15-22)29-31-27(8-9-35-29)37-32(38-31)30-25-14-19(6-7-26(25)39-40-30)21-12-23(17-34-16-21)36-28(42)10-18-4-2-1-3-5-18/h6-9,11-18,41H,1-5,10H2,(H,36,42)(H,37,38)(H,39,40). The molecule has 1 fully saturated rings. The summed E-state index contributed by atoms with van der Waals surface area (Å²) in [4.78, 5) is 29.6. The average molecular weight is 562 g/mol. The molecule has 210 valence electrons. The van der Waals surface area contributed by atoms with Crippen LogP contribution in [0, 0.1) is 11.7 Å². The molecule has 2 aromatic carbocycles. The van der Waals surface area contributed by atoms with Crippen LogP contribution in [-0.4, -0.2) is 41.1 Å². The van der Waals surface area contributed by atoms with E-state index in [1.54, 1.807) is 24.7 Å². The summed E-state index contributed by atoms with van der Waals surface area (Å²) in [5.41, 5.74) is 5.98. The Morgan fingerprint density at radius 2 is 1.83 bits per heavy atom. The SMILES string of the molecule is O=C(CC1CCCCC1)Nc1cncc(-c2ccc3[nH]nc(-c4nc5c(-c6cc(O)cc(F)c6)nccc5[nH]4)c3c2)c1. The number of halogens is 1. The second-order valence-electron chi connectivity index (χ2n) is 10.9. The van der Waals surface area contributed by atoms with E-state index in [1.807, 2.05) is 24.3 Å². The van der Waals surface area contributed by atoms with E-state index >= 15 is 0 Å². The number of H-pyrrole nitrogens is 2. The maximum atomic E-state index is 14.0. The summed E-state index contributed by atoms with van der Waals surface area (Å²) in [5.74, 6) is 0.258. The normalized spacial score (nSPS) is 14.0. The monoisotopic (exact) mass is 561 g/mol. The highest BCUT2D eigenvalue weighted by molar-refractivity contribution is 5.98. The first kappa shape index (κ1) is 25.8. The van der Waals surface area contributed by atoms with Crippen molar-refractivity contribution in [2.24, 2.45) is 5.92 Å². The topological polar surface area (TPSA) is 132 Å². The third-order valence-corrected chi connectivity index (χ3v) is 7.90. The van der Waals surface area contributed by atoms with Crippen LogP contribution in [0.25, 0.3) is 55.8 Å². The molecule has 0 unspecified atom stereocenters. The van der Waals surface area contributed by atoms with E-state index in [2.05, 4.69) is 30.5 Å². The molecule has 42 heavy (non-hydrogen) atoms. The number of hydrogen-bond donors (Lipinski definition) is 4. The molecule has 6 aromatic rings. The number of aromatic amines is 2. The van der Waals surface area contributed by atoms with Gasteiger partial charge in [0.25, 0.3) is 0 Å². The number of nitrogens with one attached hydrogen (secondary N) is 3. The molecule has 1 saturated carbocycles. The molecule has 4 N–H and O–H groups in total. The van der Waals surface area contributed by atoms with Crippen LogP contribution >= 0.6 is 0 Å². The minimum atomic E-state index is -0.562. The summed E-state index contributed by atoms with van der Waals surface area (Å²) in [6.45, 7) is 0. The van der Waals surface area contributed by atoms with Gasteiger partial charge in [0, 0.05) is 41.4 Å². The highest BCUT2D eigenvalue weighted by Gasteiger charge is 2.19. The second-order valence-corrected chi connectivity index (χ2v) is 10.9. The number of aromatic hydroxyl groups is 1. The van der Waals surface area contributed by atoms with Crippen LogP contribution in [0.15, 0.2) is 67.1 Å². The summed E-state index contributed by atoms with van der Waals surface area (Å²) >= 11 is 0. The van der Waals surface area contributed by atoms with E-state index in [9.17, 15) is 14.3 Å². The zero-order valence-corrected chi connectivity index (χ0v) is 22.7. The van der Waals surface area contributed by atoms with Gasteiger partial charge in [-0.3, -0.25) is 19.9 Å². The van der Waals surface area contributed by atoms with E-state index in [1.165, 1.54) is 31.4 Å². The Morgan fingerprint density at radius 3 is 2.69 bits per heavy atom. The predicted molar refractivity (Wildman–Crippen MR) is 159 cm³/mol. The van der Waals surface area contributed by atoms with Gasteiger partial charge < -0.3 is 15.4 Å². The number of aromatic nitrogens is 6. The Bertz CT molecular complexity index is 1920. The third-order valence-electron chi connectivity index (χ3n) is 7.90. The molecule has 4 heterocycles. The van der Waals surface area contributed by atoms with Gasteiger partial charge in [-0.25, -0.2) is 9.37 Å². The summed E-state index contributed by atoms with van der Waals surface area (Å²) in [5, 5.41) is 21.4. The van der Waals surface area contributed by atoms with Crippen LogP contribution in [0.2, 0.25) is 0 Å². The van der Waals surface area contributed by atoms with E-state index in [0.717, 1.165) is 40.9 Å². The molecule has 1 aliphatic carbocycles. The number of imidazole rings is 1. The summed E-state index contributed by atoms with van der Waals surface area (Å²) < 4.78 is 14.0. The van der Waals surface area contributed by atoms with E-state index < -0.39 is 5.82 Å². The minimum absolute atomic E-state index is 0.0284. The number of anilines is 1. The molecule has 0 atom stereocenters. The molecule has 4 aromatic heterocycles. The molecule has 0 saturated heterocycles. The molecule has 7 rings (SSSR count). The fraction of sp³-hybridized carbons (Fsp3) is 0.219. The van der Waals surface area contributed by atoms with Gasteiger partial charge in [-0.15, -0.1) is 0 Å². The molecule has 0 aliphatic heterocycles. The molecule has 1 amide bonds. The largest absolute Gasteiger partial charge is 0.508 e. The quantitative estimate of drug-likeness (QED) is 0.173. The van der Waals surface area contributed by atoms with Crippen molar-refractivity contribution in [2.75, 3.05) is 5.32 Å². The number of pyridine rings is 2. The molecule has 0 spiro atoms. The van der Waals surface area contributed by atoms with Crippen molar-refractivity contribution in [3.05, 3.63) is 72.9 Å². The number of amides is 1. The van der Waals surface area contributed by atoms with Crippen LogP contribution in [0.5, 0.6) is 5.75 Å². The molecule has 0 bridgehead atoms. The van der Waals surface area contributed by atoms with Crippen molar-refractivity contribution < 1.29 is 14.3 Å². The van der Waals surface area contributed by atoms with Gasteiger partial charge in [0.1, 0.15) is 22.8 Å². The number of rotatable bonds is 6. The first-order valence-electron chi connectivity index (χ1n) is 14.1. The first-order valence-corrected chi connectivity index (χ1v) is 14.1. The smallest absolute Gasteiger partial charge is 0.224 e. The van der Waals surface area contributed by atoms with Gasteiger partial charge in [-0.2, -0.15) is 5.10 Å². The molecular formula is C32H28FN7O2. The number of fused-ring (bicyclic) bond motifs is 2. The maximum absolute atomic E-state index is 14.0. The highest BCUT2D eigenvalue weighted by atomic mass is 19.1. The lowest BCUT2D eigenvalue weighted by Crippen LogP contribution is -2.18. The fourth-order valence-corrected chi connectivity index (χ4v) is 5.88. The van der Waals surface area contributed by atoms with E-state index in [-0.39, 0.29) is 11.7 Å². The lowest BCUT2D eigenvalue weighted by atomic mass is 9.87. The zero-order valence-electron chi connectivity index (χ0n) is 22.7. The number of benzene rings is 2. The van der Waals surface area contributed by atoms with Gasteiger partial charge in [0.2, 0.25) is 5.91 Å². The van der Waals surface area contributed by atoms with Gasteiger partial charge >= 0.3 is 0 Å². The van der Waals surface area contributed by atoms with Crippen LogP contribution < -0.4 is 5.32 Å². The van der Waals surface area contributed by atoms with E-state index in [0.29, 0.717) is 51.8 Å². The van der Waals surface area contributed by atoms with Gasteiger partial charge in [0.15, 0.2) is 5.82 Å². The van der Waals surface area contributed by atoms with Crippen molar-refractivity contribution in [3.63, 3.8) is 0 Å². The second kappa shape index (κ2) is 10.7. The van der Waals surface area contributed by atoms with Gasteiger partial charge in [-0.05, 0) is 60.7 Å². The maximum Gasteiger partial charge on any atom is 0.224 e. The van der Waals surface area contributed by atoms with Crippen molar-refractivity contribution in [1.82, 2.24) is 30.1 Å². The molecule has 1 aliphatic rings. The predicted octanol–water partition coefficient (Wildman–Crippen LogP) is 6.98. The highest BCUT2D eigenvalue weighted by Crippen LogP contribution is 2.34. The van der Waals surface area contributed by atoms with Crippen LogP contribution in [0.4, 0.5) is 10.1 Å². The summed E-state index contributed by atoms with van der Waals surface area (Å²) in [6.07, 6.45) is 11.5. The Balaban J connectivity index is 1.20.